The number of carboxylic acid groups (broad SMARTS) is 1. The number of carboxylic acids is 1. The van der Waals surface area contributed by atoms with Crippen LogP contribution in [-0.2, 0) is 6.42 Å². The zero-order valence-corrected chi connectivity index (χ0v) is 18.0. The topological polar surface area (TPSA) is 72.4 Å². The highest BCUT2D eigenvalue weighted by Crippen LogP contribution is 2.48. The molecule has 7 heteroatoms. The van der Waals surface area contributed by atoms with Crippen LogP contribution in [-0.4, -0.2) is 15.6 Å². The van der Waals surface area contributed by atoms with E-state index in [0.29, 0.717) is 17.8 Å². The molecule has 1 aromatic carbocycles. The first kappa shape index (κ1) is 19.8. The summed E-state index contributed by atoms with van der Waals surface area (Å²) >= 11 is 1.58. The van der Waals surface area contributed by atoms with Crippen molar-refractivity contribution in [3.05, 3.63) is 68.4 Å². The van der Waals surface area contributed by atoms with E-state index in [0.717, 1.165) is 22.1 Å². The van der Waals surface area contributed by atoms with Gasteiger partial charge in [-0.1, -0.05) is 39.0 Å². The first-order chi connectivity index (χ1) is 14.7. The minimum atomic E-state index is -1.44. The second-order valence-corrected chi connectivity index (χ2v) is 9.72. The highest BCUT2D eigenvalue weighted by Gasteiger charge is 2.38. The van der Waals surface area contributed by atoms with Crippen LogP contribution in [0.4, 0.5) is 4.39 Å². The first-order valence-corrected chi connectivity index (χ1v) is 10.9. The van der Waals surface area contributed by atoms with Crippen molar-refractivity contribution in [3.8, 4) is 22.6 Å². The van der Waals surface area contributed by atoms with Crippen molar-refractivity contribution in [2.24, 2.45) is 5.41 Å². The van der Waals surface area contributed by atoms with E-state index >= 15 is 4.39 Å². The molecule has 1 atom stereocenters. The van der Waals surface area contributed by atoms with Crippen molar-refractivity contribution in [2.45, 2.75) is 33.2 Å². The van der Waals surface area contributed by atoms with Crippen LogP contribution in [0, 0.1) is 11.2 Å². The third kappa shape index (κ3) is 2.87. The number of nitrogens with zero attached hydrogens (tertiary/aromatic N) is 1. The van der Waals surface area contributed by atoms with Gasteiger partial charge in [0.2, 0.25) is 5.43 Å². The monoisotopic (exact) mass is 437 g/mol. The number of fused-ring (bicyclic) bond motifs is 5. The summed E-state index contributed by atoms with van der Waals surface area (Å²) in [6.07, 6.45) is 1.79. The molecule has 0 aliphatic carbocycles. The molecule has 0 amide bonds. The lowest BCUT2D eigenvalue weighted by Crippen LogP contribution is -2.34. The van der Waals surface area contributed by atoms with Crippen LogP contribution in [0.2, 0.25) is 0 Å². The quantitative estimate of drug-likeness (QED) is 0.419. The second kappa shape index (κ2) is 6.65. The lowest BCUT2D eigenvalue weighted by atomic mass is 9.79. The van der Waals surface area contributed by atoms with E-state index < -0.39 is 22.8 Å². The molecule has 4 aromatic rings. The fourth-order valence-corrected chi connectivity index (χ4v) is 5.10. The number of rotatable bonds is 2. The third-order valence-electron chi connectivity index (χ3n) is 6.01. The van der Waals surface area contributed by atoms with Crippen LogP contribution >= 0.6 is 11.3 Å². The van der Waals surface area contributed by atoms with Crippen molar-refractivity contribution >= 4 is 28.3 Å². The molecule has 5 rings (SSSR count). The van der Waals surface area contributed by atoms with Crippen LogP contribution in [0.25, 0.3) is 33.6 Å². The molecule has 0 saturated carbocycles. The summed E-state index contributed by atoms with van der Waals surface area (Å²) in [5.74, 6) is -2.24. The number of aromatic nitrogens is 1. The van der Waals surface area contributed by atoms with Gasteiger partial charge in [-0.05, 0) is 34.2 Å². The maximum absolute atomic E-state index is 15.4. The molecule has 0 unspecified atom stereocenters. The van der Waals surface area contributed by atoms with Gasteiger partial charge < -0.3 is 14.1 Å². The number of benzene rings is 1. The average molecular weight is 437 g/mol. The van der Waals surface area contributed by atoms with E-state index in [-0.39, 0.29) is 17.2 Å². The second-order valence-electron chi connectivity index (χ2n) is 8.94. The molecule has 3 aromatic heterocycles. The zero-order valence-electron chi connectivity index (χ0n) is 17.2. The summed E-state index contributed by atoms with van der Waals surface area (Å²) in [6.45, 7) is 6.05. The molecule has 1 aliphatic heterocycles. The molecule has 1 aliphatic rings. The van der Waals surface area contributed by atoms with E-state index in [4.69, 9.17) is 4.42 Å². The lowest BCUT2D eigenvalue weighted by molar-refractivity contribution is 0.0692. The van der Waals surface area contributed by atoms with E-state index in [1.165, 1.54) is 6.20 Å². The number of para-hydroxylation sites is 1. The molecule has 31 heavy (non-hydrogen) atoms. The molecular weight excluding hydrogens is 417 g/mol. The fourth-order valence-electron chi connectivity index (χ4n) is 4.44. The number of carbonyl (C=O) groups is 1. The third-order valence-corrected chi connectivity index (χ3v) is 6.69. The van der Waals surface area contributed by atoms with Crippen molar-refractivity contribution in [1.29, 1.82) is 0 Å². The maximum atomic E-state index is 15.4. The van der Waals surface area contributed by atoms with Gasteiger partial charge in [-0.15, -0.1) is 0 Å². The van der Waals surface area contributed by atoms with Crippen molar-refractivity contribution < 1.29 is 18.7 Å². The molecule has 0 spiro atoms. The number of hydrogen-bond donors (Lipinski definition) is 1. The summed E-state index contributed by atoms with van der Waals surface area (Å²) in [5, 5.41) is 14.3. The Hall–Kier alpha value is -3.19. The van der Waals surface area contributed by atoms with Gasteiger partial charge in [0.25, 0.3) is 0 Å². The molecule has 0 radical (unpaired) electrons. The van der Waals surface area contributed by atoms with Crippen LogP contribution < -0.4 is 5.43 Å². The smallest absolute Gasteiger partial charge is 0.341 e. The van der Waals surface area contributed by atoms with E-state index in [9.17, 15) is 14.7 Å². The minimum absolute atomic E-state index is 0.0173. The predicted molar refractivity (Wildman–Crippen MR) is 118 cm³/mol. The van der Waals surface area contributed by atoms with Crippen molar-refractivity contribution in [1.82, 2.24) is 4.57 Å². The lowest BCUT2D eigenvalue weighted by Gasteiger charge is -2.37. The highest BCUT2D eigenvalue weighted by atomic mass is 32.1. The maximum Gasteiger partial charge on any atom is 0.341 e. The largest absolute Gasteiger partial charge is 0.477 e. The van der Waals surface area contributed by atoms with Gasteiger partial charge in [-0.3, -0.25) is 4.79 Å². The van der Waals surface area contributed by atoms with Gasteiger partial charge in [0, 0.05) is 28.8 Å². The van der Waals surface area contributed by atoms with Crippen LogP contribution in [0.15, 0.2) is 50.4 Å². The average Bonchev–Trinajstić information content (AvgIpc) is 3.36. The number of aromatic carboxylic acids is 1. The fraction of sp³-hybridized carbons (Fsp3) is 0.250. The Bertz CT molecular complexity index is 1410. The van der Waals surface area contributed by atoms with Gasteiger partial charge >= 0.3 is 5.97 Å². The van der Waals surface area contributed by atoms with Gasteiger partial charge in [0.1, 0.15) is 16.8 Å². The summed E-state index contributed by atoms with van der Waals surface area (Å²) in [4.78, 5) is 24.1. The molecular formula is C24H20FNO4S. The summed E-state index contributed by atoms with van der Waals surface area (Å²) in [6, 6.07) is 7.59. The van der Waals surface area contributed by atoms with Crippen LogP contribution in [0.1, 0.15) is 42.7 Å². The normalized spacial score (nSPS) is 15.7. The van der Waals surface area contributed by atoms with Crippen LogP contribution in [0.3, 0.4) is 0 Å². The Kier molecular flexibility index (Phi) is 4.24. The molecule has 158 valence electrons. The molecule has 4 heterocycles. The number of furan rings is 1. The Labute approximate surface area is 181 Å². The minimum Gasteiger partial charge on any atom is -0.477 e. The summed E-state index contributed by atoms with van der Waals surface area (Å²) in [7, 11) is 0. The number of thiophene rings is 1. The van der Waals surface area contributed by atoms with E-state index in [1.807, 2.05) is 55.8 Å². The van der Waals surface area contributed by atoms with Crippen LogP contribution in [0.5, 0.6) is 0 Å². The Morgan fingerprint density at radius 2 is 2.06 bits per heavy atom. The van der Waals surface area contributed by atoms with Crippen molar-refractivity contribution in [3.63, 3.8) is 0 Å². The van der Waals surface area contributed by atoms with E-state index in [1.54, 1.807) is 15.9 Å². The SMILES string of the molecule is CC(C)(C)[C@@H]1Cc2c(oc3c(-c4ccsc4)cccc23)-c2c(F)c(=O)c(C(=O)O)cn21. The first-order valence-electron chi connectivity index (χ1n) is 9.93. The van der Waals surface area contributed by atoms with Gasteiger partial charge in [0.05, 0.1) is 0 Å². The zero-order chi connectivity index (χ0) is 22.1. The molecule has 0 bridgehead atoms. The Morgan fingerprint density at radius 1 is 1.29 bits per heavy atom. The molecule has 1 N–H and O–H groups in total. The summed E-state index contributed by atoms with van der Waals surface area (Å²) < 4.78 is 23.2. The Balaban J connectivity index is 1.88. The standard InChI is InChI=1S/C24H20FNO4S/c1-24(2,3)17-9-15-14-6-4-5-13(12-7-8-31-11-12)21(14)30-22(15)19-18(25)20(27)16(23(28)29)10-26(17)19/h4-8,10-11,17H,9H2,1-3H3,(H,28,29)/t17-/m0/s1. The summed E-state index contributed by atoms with van der Waals surface area (Å²) in [5.41, 5.74) is 1.38. The predicted octanol–water partition coefficient (Wildman–Crippen LogP) is 5.97. The molecule has 0 fully saturated rings. The van der Waals surface area contributed by atoms with E-state index in [2.05, 4.69) is 0 Å². The molecule has 0 saturated heterocycles. The number of pyridine rings is 1. The van der Waals surface area contributed by atoms with Gasteiger partial charge in [-0.2, -0.15) is 11.3 Å². The molecule has 5 nitrogen and oxygen atoms in total. The Morgan fingerprint density at radius 3 is 2.71 bits per heavy atom. The van der Waals surface area contributed by atoms with Gasteiger partial charge in [-0.25, -0.2) is 9.18 Å². The van der Waals surface area contributed by atoms with Crippen molar-refractivity contribution in [2.75, 3.05) is 0 Å². The van der Waals surface area contributed by atoms with Gasteiger partial charge in [0.15, 0.2) is 11.6 Å². The number of halogens is 1. The number of hydrogen-bond acceptors (Lipinski definition) is 4. The highest BCUT2D eigenvalue weighted by molar-refractivity contribution is 7.08.